The number of carbonyl (C=O) groups is 3. The molecule has 0 saturated carbocycles. The van der Waals surface area contributed by atoms with Gasteiger partial charge in [-0.15, -0.1) is 0 Å². The van der Waals surface area contributed by atoms with Gasteiger partial charge in [-0.05, 0) is 73.7 Å². The van der Waals surface area contributed by atoms with Gasteiger partial charge >= 0.3 is 5.97 Å². The minimum absolute atomic E-state index is 0.0990. The largest absolute Gasteiger partial charge is 0.507 e. The van der Waals surface area contributed by atoms with Crippen molar-refractivity contribution in [1.82, 2.24) is 15.2 Å². The minimum atomic E-state index is -0.938. The Bertz CT molecular complexity index is 1620. The Kier molecular flexibility index (Phi) is 8.59. The van der Waals surface area contributed by atoms with Crippen LogP contribution in [0.2, 0.25) is 0 Å². The van der Waals surface area contributed by atoms with E-state index in [4.69, 9.17) is 15.2 Å². The predicted molar refractivity (Wildman–Crippen MR) is 163 cm³/mol. The van der Waals surface area contributed by atoms with Crippen LogP contribution in [-0.4, -0.2) is 66.0 Å². The van der Waals surface area contributed by atoms with Crippen LogP contribution in [0.3, 0.4) is 0 Å². The van der Waals surface area contributed by atoms with Crippen LogP contribution in [-0.2, 0) is 26.3 Å². The molecule has 5 N–H and O–H groups in total. The summed E-state index contributed by atoms with van der Waals surface area (Å²) in [7, 11) is 1.33. The number of rotatable bonds is 11. The van der Waals surface area contributed by atoms with Crippen molar-refractivity contribution in [3.63, 3.8) is 0 Å². The Morgan fingerprint density at radius 1 is 1.16 bits per heavy atom. The molecule has 10 nitrogen and oxygen atoms in total. The van der Waals surface area contributed by atoms with Crippen LogP contribution in [0.4, 0.5) is 0 Å². The number of phenols is 1. The molecule has 1 atom stereocenters. The number of nitrogens with zero attached hydrogens (tertiary/aromatic N) is 1. The number of para-hydroxylation sites is 1. The number of fused-ring (bicyclic) bond motifs is 5. The van der Waals surface area contributed by atoms with E-state index in [1.165, 1.54) is 13.2 Å². The fraction of sp³-hybridized carbons (Fsp3) is 0.364. The molecule has 2 aromatic carbocycles. The summed E-state index contributed by atoms with van der Waals surface area (Å²) in [5.74, 6) is -0.789. The van der Waals surface area contributed by atoms with E-state index in [1.807, 2.05) is 36.9 Å². The highest BCUT2D eigenvalue weighted by Crippen LogP contribution is 2.51. The van der Waals surface area contributed by atoms with Crippen molar-refractivity contribution in [2.45, 2.75) is 38.6 Å². The smallest absolute Gasteiger partial charge is 0.336 e. The third-order valence-corrected chi connectivity index (χ3v) is 8.29. The number of phenolic OH excluding ortho intramolecular Hbond substituents is 1. The van der Waals surface area contributed by atoms with Crippen molar-refractivity contribution in [2.24, 2.45) is 11.7 Å². The highest BCUT2D eigenvalue weighted by molar-refractivity contribution is 6.13. The maximum Gasteiger partial charge on any atom is 0.336 e. The summed E-state index contributed by atoms with van der Waals surface area (Å²) < 4.78 is 11.1. The molecule has 0 spiro atoms. The standard InChI is InChI=1S/C33H38N4O6/c1-20(2)33-26(32(41)42-3)16-21(30(40)24-8-4-5-9-28(24)38)18-37(33)15-12-23-25-17-22(10-11-27(25)36-31(23)33)43-19-29(39)35-14-7-6-13-34/h4-5,8-11,16-18,20,36,38H,6-7,12-15,19,34H2,1-3H3,(H,35,39)/t33-/m0/s1. The molecule has 0 bridgehead atoms. The number of benzene rings is 2. The van der Waals surface area contributed by atoms with E-state index in [0.29, 0.717) is 37.4 Å². The van der Waals surface area contributed by atoms with E-state index in [-0.39, 0.29) is 41.1 Å². The molecule has 43 heavy (non-hydrogen) atoms. The monoisotopic (exact) mass is 586 g/mol. The summed E-state index contributed by atoms with van der Waals surface area (Å²) >= 11 is 0. The molecular weight excluding hydrogens is 548 g/mol. The van der Waals surface area contributed by atoms with Gasteiger partial charge in [0.15, 0.2) is 12.4 Å². The first-order valence-corrected chi connectivity index (χ1v) is 14.6. The molecule has 5 rings (SSSR count). The number of aromatic nitrogens is 1. The zero-order chi connectivity index (χ0) is 30.7. The van der Waals surface area contributed by atoms with Gasteiger partial charge in [0.05, 0.1) is 23.9 Å². The second-order valence-electron chi connectivity index (χ2n) is 11.2. The number of esters is 1. The molecule has 0 fully saturated rings. The molecule has 3 heterocycles. The van der Waals surface area contributed by atoms with Gasteiger partial charge in [-0.1, -0.05) is 26.0 Å². The van der Waals surface area contributed by atoms with Crippen LogP contribution in [0.25, 0.3) is 10.9 Å². The number of hydrogen-bond acceptors (Lipinski definition) is 8. The van der Waals surface area contributed by atoms with Gasteiger partial charge in [-0.3, -0.25) is 9.59 Å². The van der Waals surface area contributed by atoms with Gasteiger partial charge in [0.2, 0.25) is 0 Å². The molecule has 2 aliphatic rings. The quantitative estimate of drug-likeness (QED) is 0.151. The maximum absolute atomic E-state index is 13.5. The van der Waals surface area contributed by atoms with Gasteiger partial charge in [0, 0.05) is 35.8 Å². The van der Waals surface area contributed by atoms with Crippen molar-refractivity contribution < 1.29 is 29.0 Å². The predicted octanol–water partition coefficient (Wildman–Crippen LogP) is 3.70. The van der Waals surface area contributed by atoms with Gasteiger partial charge < -0.3 is 35.5 Å². The lowest BCUT2D eigenvalue weighted by atomic mass is 9.69. The number of H-pyrrole nitrogens is 1. The summed E-state index contributed by atoms with van der Waals surface area (Å²) in [6.07, 6.45) is 5.69. The van der Waals surface area contributed by atoms with Gasteiger partial charge in [0.1, 0.15) is 17.0 Å². The summed E-state index contributed by atoms with van der Waals surface area (Å²) in [6.45, 7) is 5.65. The van der Waals surface area contributed by atoms with E-state index < -0.39 is 11.5 Å². The van der Waals surface area contributed by atoms with Crippen molar-refractivity contribution in [1.29, 1.82) is 0 Å². The number of methoxy groups -OCH3 is 1. The second-order valence-corrected chi connectivity index (χ2v) is 11.2. The molecule has 226 valence electrons. The van der Waals surface area contributed by atoms with Gasteiger partial charge in [-0.2, -0.15) is 0 Å². The second kappa shape index (κ2) is 12.3. The van der Waals surface area contributed by atoms with E-state index in [1.54, 1.807) is 30.5 Å². The fourth-order valence-corrected chi connectivity index (χ4v) is 6.28. The van der Waals surface area contributed by atoms with Crippen LogP contribution >= 0.6 is 0 Å². The molecule has 0 unspecified atom stereocenters. The lowest BCUT2D eigenvalue weighted by Crippen LogP contribution is -2.56. The maximum atomic E-state index is 13.5. The number of ether oxygens (including phenoxy) is 2. The van der Waals surface area contributed by atoms with E-state index in [2.05, 4.69) is 10.3 Å². The number of unbranched alkanes of at least 4 members (excludes halogenated alkanes) is 1. The topological polar surface area (TPSA) is 147 Å². The molecule has 1 aromatic heterocycles. The van der Waals surface area contributed by atoms with Crippen LogP contribution < -0.4 is 15.8 Å². The molecule has 1 amide bonds. The number of nitrogens with two attached hydrogens (primary N) is 1. The van der Waals surface area contributed by atoms with Crippen LogP contribution in [0.5, 0.6) is 11.5 Å². The molecule has 10 heteroatoms. The molecule has 0 saturated heterocycles. The highest BCUT2D eigenvalue weighted by atomic mass is 16.5. The number of nitrogens with one attached hydrogen (secondary N) is 2. The fourth-order valence-electron chi connectivity index (χ4n) is 6.28. The zero-order valence-electron chi connectivity index (χ0n) is 24.7. The summed E-state index contributed by atoms with van der Waals surface area (Å²) in [6, 6.07) is 12.0. The van der Waals surface area contributed by atoms with Crippen molar-refractivity contribution in [3.8, 4) is 11.5 Å². The lowest BCUT2D eigenvalue weighted by molar-refractivity contribution is -0.138. The average Bonchev–Trinajstić information content (AvgIpc) is 3.39. The average molecular weight is 587 g/mol. The molecule has 2 aliphatic heterocycles. The van der Waals surface area contributed by atoms with Crippen molar-refractivity contribution in [3.05, 3.63) is 82.7 Å². The van der Waals surface area contributed by atoms with E-state index in [0.717, 1.165) is 35.0 Å². The molecule has 0 aliphatic carbocycles. The summed E-state index contributed by atoms with van der Waals surface area (Å²) in [5, 5.41) is 14.1. The van der Waals surface area contributed by atoms with Crippen molar-refractivity contribution >= 4 is 28.6 Å². The number of allylic oxidation sites excluding steroid dienone is 2. The SMILES string of the molecule is COC(=O)C1=CC(C(=O)c2ccccc2O)=CN2CCc3c([nH]c4ccc(OCC(=O)NCCCCN)cc34)[C@]12C(C)C. The van der Waals surface area contributed by atoms with Crippen LogP contribution in [0.15, 0.2) is 65.9 Å². The molecule has 3 aromatic rings. The Hall–Kier alpha value is -4.57. The Morgan fingerprint density at radius 3 is 2.67 bits per heavy atom. The summed E-state index contributed by atoms with van der Waals surface area (Å²) in [4.78, 5) is 44.9. The number of Topliss-reactive ketones (excluding diaryl/α,β-unsaturated/α-hetero) is 1. The first-order chi connectivity index (χ1) is 20.7. The zero-order valence-corrected chi connectivity index (χ0v) is 24.7. The highest BCUT2D eigenvalue weighted by Gasteiger charge is 2.53. The third-order valence-electron chi connectivity index (χ3n) is 8.29. The molecular formula is C33H38N4O6. The number of aromatic hydroxyl groups is 1. The number of carbonyl (C=O) groups excluding carboxylic acids is 3. The van der Waals surface area contributed by atoms with Gasteiger partial charge in [-0.25, -0.2) is 4.79 Å². The van der Waals surface area contributed by atoms with Crippen LogP contribution in [0.1, 0.15) is 48.3 Å². The Labute approximate surface area is 250 Å². The first-order valence-electron chi connectivity index (χ1n) is 14.6. The van der Waals surface area contributed by atoms with E-state index >= 15 is 0 Å². The number of ketones is 1. The number of amides is 1. The number of aromatic amines is 1. The number of hydrogen-bond donors (Lipinski definition) is 4. The Morgan fingerprint density at radius 2 is 1.95 bits per heavy atom. The summed E-state index contributed by atoms with van der Waals surface area (Å²) in [5.41, 5.74) is 8.10. The van der Waals surface area contributed by atoms with Crippen LogP contribution in [0, 0.1) is 5.92 Å². The normalized spacial score (nSPS) is 17.6. The molecule has 0 radical (unpaired) electrons. The third kappa shape index (κ3) is 5.38. The van der Waals surface area contributed by atoms with E-state index in [9.17, 15) is 19.5 Å². The lowest BCUT2D eigenvalue weighted by Gasteiger charge is -2.51. The van der Waals surface area contributed by atoms with Gasteiger partial charge in [0.25, 0.3) is 5.91 Å². The Balaban J connectivity index is 1.52. The first kappa shape index (κ1) is 29.9. The van der Waals surface area contributed by atoms with Crippen molar-refractivity contribution in [2.75, 3.05) is 33.4 Å². The minimum Gasteiger partial charge on any atom is -0.507 e.